The van der Waals surface area contributed by atoms with Gasteiger partial charge in [-0.1, -0.05) is 0 Å². The van der Waals surface area contributed by atoms with Crippen LogP contribution in [-0.2, 0) is 6.18 Å². The van der Waals surface area contributed by atoms with E-state index >= 15 is 0 Å². The smallest absolute Gasteiger partial charge is 0.350 e. The molecule has 1 aromatic rings. The Morgan fingerprint density at radius 1 is 1.28 bits per heavy atom. The number of likely N-dealkylation sites (N-methyl/N-ethyl adjacent to an activating group) is 1. The molecule has 0 aromatic carbocycles. The molecule has 0 amide bonds. The SMILES string of the molecule is C[C@H]1CN(C)CCN1c1cncc(C(F)(F)F)n1. The highest BCUT2D eigenvalue weighted by Gasteiger charge is 2.34. The molecule has 2 heterocycles. The molecule has 1 aromatic heterocycles. The summed E-state index contributed by atoms with van der Waals surface area (Å²) in [6.07, 6.45) is -2.31. The van der Waals surface area contributed by atoms with Crippen molar-refractivity contribution >= 4 is 5.82 Å². The van der Waals surface area contributed by atoms with Crippen LogP contribution in [0.4, 0.5) is 19.0 Å². The largest absolute Gasteiger partial charge is 0.434 e. The maximum absolute atomic E-state index is 12.6. The monoisotopic (exact) mass is 260 g/mol. The van der Waals surface area contributed by atoms with Gasteiger partial charge < -0.3 is 9.80 Å². The summed E-state index contributed by atoms with van der Waals surface area (Å²) in [5.41, 5.74) is -0.939. The summed E-state index contributed by atoms with van der Waals surface area (Å²) in [5, 5.41) is 0. The van der Waals surface area contributed by atoms with E-state index in [0.29, 0.717) is 12.4 Å². The first-order valence-electron chi connectivity index (χ1n) is 5.72. The minimum absolute atomic E-state index is 0.126. The molecule has 18 heavy (non-hydrogen) atoms. The fourth-order valence-corrected chi connectivity index (χ4v) is 2.11. The van der Waals surface area contributed by atoms with Crippen molar-refractivity contribution < 1.29 is 13.2 Å². The Kier molecular flexibility index (Phi) is 3.43. The molecule has 0 radical (unpaired) electrons. The molecule has 0 bridgehead atoms. The summed E-state index contributed by atoms with van der Waals surface area (Å²) in [7, 11) is 1.99. The molecule has 1 saturated heterocycles. The molecule has 7 heteroatoms. The van der Waals surface area contributed by atoms with E-state index in [9.17, 15) is 13.2 Å². The highest BCUT2D eigenvalue weighted by molar-refractivity contribution is 5.39. The normalized spacial score (nSPS) is 22.3. The molecule has 0 spiro atoms. The van der Waals surface area contributed by atoms with Gasteiger partial charge in [-0.15, -0.1) is 0 Å². The number of rotatable bonds is 1. The van der Waals surface area contributed by atoms with Crippen molar-refractivity contribution in [2.24, 2.45) is 0 Å². The number of aromatic nitrogens is 2. The van der Waals surface area contributed by atoms with Crippen LogP contribution in [0.2, 0.25) is 0 Å². The van der Waals surface area contributed by atoms with Gasteiger partial charge in [-0.3, -0.25) is 4.98 Å². The Bertz CT molecular complexity index is 421. The number of nitrogens with zero attached hydrogens (tertiary/aromatic N) is 4. The average Bonchev–Trinajstić information content (AvgIpc) is 2.28. The first-order chi connectivity index (χ1) is 8.38. The molecule has 100 valence electrons. The molecule has 0 unspecified atom stereocenters. The Morgan fingerprint density at radius 2 is 2.00 bits per heavy atom. The average molecular weight is 260 g/mol. The highest BCUT2D eigenvalue weighted by Crippen LogP contribution is 2.28. The molecule has 0 saturated carbocycles. The molecular formula is C11H15F3N4. The zero-order valence-electron chi connectivity index (χ0n) is 10.3. The predicted molar refractivity (Wildman–Crippen MR) is 61.3 cm³/mol. The third-order valence-electron chi connectivity index (χ3n) is 3.04. The Hall–Kier alpha value is -1.37. The van der Waals surface area contributed by atoms with Gasteiger partial charge in [-0.2, -0.15) is 13.2 Å². The number of piperazine rings is 1. The lowest BCUT2D eigenvalue weighted by molar-refractivity contribution is -0.141. The maximum Gasteiger partial charge on any atom is 0.434 e. The Morgan fingerprint density at radius 3 is 2.61 bits per heavy atom. The van der Waals surface area contributed by atoms with E-state index in [1.54, 1.807) is 0 Å². The number of anilines is 1. The van der Waals surface area contributed by atoms with E-state index < -0.39 is 11.9 Å². The summed E-state index contributed by atoms with van der Waals surface area (Å²) in [6.45, 7) is 4.24. The molecule has 0 aliphatic carbocycles. The van der Waals surface area contributed by atoms with Crippen molar-refractivity contribution in [1.82, 2.24) is 14.9 Å². The molecule has 4 nitrogen and oxygen atoms in total. The van der Waals surface area contributed by atoms with Gasteiger partial charge in [0.1, 0.15) is 5.82 Å². The Balaban J connectivity index is 2.23. The zero-order chi connectivity index (χ0) is 13.3. The third kappa shape index (κ3) is 2.72. The van der Waals surface area contributed by atoms with Crippen LogP contribution >= 0.6 is 0 Å². The summed E-state index contributed by atoms with van der Waals surface area (Å²) in [6, 6.07) is 0.126. The lowest BCUT2D eigenvalue weighted by Crippen LogP contribution is -2.51. The van der Waals surface area contributed by atoms with Gasteiger partial charge in [0.05, 0.1) is 12.4 Å². The lowest BCUT2D eigenvalue weighted by atomic mass is 10.2. The van der Waals surface area contributed by atoms with Crippen LogP contribution in [-0.4, -0.2) is 47.6 Å². The number of hydrogen-bond donors (Lipinski definition) is 0. The zero-order valence-corrected chi connectivity index (χ0v) is 10.3. The van der Waals surface area contributed by atoms with Gasteiger partial charge in [0, 0.05) is 25.7 Å². The predicted octanol–water partition coefficient (Wildman–Crippen LogP) is 1.64. The molecule has 1 atom stereocenters. The molecule has 1 fully saturated rings. The Labute approximate surface area is 103 Å². The molecular weight excluding hydrogens is 245 g/mol. The van der Waals surface area contributed by atoms with E-state index in [-0.39, 0.29) is 6.04 Å². The molecule has 0 N–H and O–H groups in total. The minimum Gasteiger partial charge on any atom is -0.350 e. The van der Waals surface area contributed by atoms with Crippen molar-refractivity contribution in [3.63, 3.8) is 0 Å². The highest BCUT2D eigenvalue weighted by atomic mass is 19.4. The minimum atomic E-state index is -4.45. The second-order valence-corrected chi connectivity index (χ2v) is 4.56. The lowest BCUT2D eigenvalue weighted by Gasteiger charge is -2.38. The van der Waals surface area contributed by atoms with Crippen molar-refractivity contribution in [3.8, 4) is 0 Å². The van der Waals surface area contributed by atoms with Crippen LogP contribution < -0.4 is 4.90 Å². The maximum atomic E-state index is 12.6. The van der Waals surface area contributed by atoms with Gasteiger partial charge in [0.15, 0.2) is 5.69 Å². The second kappa shape index (κ2) is 4.72. The van der Waals surface area contributed by atoms with Gasteiger partial charge in [-0.05, 0) is 14.0 Å². The topological polar surface area (TPSA) is 32.3 Å². The number of halogens is 3. The van der Waals surface area contributed by atoms with Crippen LogP contribution in [0.1, 0.15) is 12.6 Å². The van der Waals surface area contributed by atoms with Crippen molar-refractivity contribution in [1.29, 1.82) is 0 Å². The van der Waals surface area contributed by atoms with Crippen LogP contribution in [0.15, 0.2) is 12.4 Å². The number of hydrogen-bond acceptors (Lipinski definition) is 4. The first kappa shape index (κ1) is 13.1. The van der Waals surface area contributed by atoms with Crippen molar-refractivity contribution in [3.05, 3.63) is 18.1 Å². The fourth-order valence-electron chi connectivity index (χ4n) is 2.11. The summed E-state index contributed by atoms with van der Waals surface area (Å²) >= 11 is 0. The summed E-state index contributed by atoms with van der Waals surface area (Å²) < 4.78 is 37.7. The standard InChI is InChI=1S/C11H15F3N4/c1-8-7-17(2)3-4-18(8)10-6-15-5-9(16-10)11(12,13)14/h5-6,8H,3-4,7H2,1-2H3/t8-/m0/s1. The van der Waals surface area contributed by atoms with Crippen LogP contribution in [0.25, 0.3) is 0 Å². The quantitative estimate of drug-likeness (QED) is 0.768. The van der Waals surface area contributed by atoms with E-state index in [2.05, 4.69) is 14.9 Å². The van der Waals surface area contributed by atoms with Crippen LogP contribution in [0.5, 0.6) is 0 Å². The fraction of sp³-hybridized carbons (Fsp3) is 0.636. The first-order valence-corrected chi connectivity index (χ1v) is 5.72. The molecule has 2 rings (SSSR count). The third-order valence-corrected chi connectivity index (χ3v) is 3.04. The number of alkyl halides is 3. The van der Waals surface area contributed by atoms with E-state index in [4.69, 9.17) is 0 Å². The summed E-state index contributed by atoms with van der Waals surface area (Å²) in [4.78, 5) is 11.3. The molecule has 1 aliphatic heterocycles. The van der Waals surface area contributed by atoms with Crippen molar-refractivity contribution in [2.45, 2.75) is 19.1 Å². The van der Waals surface area contributed by atoms with Gasteiger partial charge in [-0.25, -0.2) is 4.98 Å². The van der Waals surface area contributed by atoms with Gasteiger partial charge in [0.25, 0.3) is 0 Å². The second-order valence-electron chi connectivity index (χ2n) is 4.56. The van der Waals surface area contributed by atoms with Crippen LogP contribution in [0.3, 0.4) is 0 Å². The van der Waals surface area contributed by atoms with Gasteiger partial charge in [0.2, 0.25) is 0 Å². The molecule has 1 aliphatic rings. The van der Waals surface area contributed by atoms with E-state index in [1.807, 2.05) is 18.9 Å². The van der Waals surface area contributed by atoms with E-state index in [1.165, 1.54) is 6.20 Å². The van der Waals surface area contributed by atoms with Crippen LogP contribution in [0, 0.1) is 0 Å². The van der Waals surface area contributed by atoms with E-state index in [0.717, 1.165) is 19.3 Å². The summed E-state index contributed by atoms with van der Waals surface area (Å²) in [5.74, 6) is 0.297. The van der Waals surface area contributed by atoms with Gasteiger partial charge >= 0.3 is 6.18 Å². The van der Waals surface area contributed by atoms with Crippen molar-refractivity contribution in [2.75, 3.05) is 31.6 Å².